The van der Waals surface area contributed by atoms with Gasteiger partial charge in [-0.15, -0.1) is 12.4 Å². The third kappa shape index (κ3) is 7.29. The molecule has 0 atom stereocenters. The first-order chi connectivity index (χ1) is 20.1. The normalized spacial score (nSPS) is 20.0. The van der Waals surface area contributed by atoms with Crippen molar-refractivity contribution in [2.75, 3.05) is 38.3 Å². The average molecular weight is 620 g/mol. The molecule has 230 valence electrons. The number of carbonyl (C=O) groups excluding carboxylic acids is 3. The lowest BCUT2D eigenvalue weighted by Crippen LogP contribution is -2.54. The van der Waals surface area contributed by atoms with E-state index in [9.17, 15) is 32.8 Å². The Balaban J connectivity index is 0.00000506. The predicted octanol–water partition coefficient (Wildman–Crippen LogP) is 4.96. The summed E-state index contributed by atoms with van der Waals surface area (Å²) in [5, 5.41) is 15.2. The van der Waals surface area contributed by atoms with E-state index in [1.165, 1.54) is 14.0 Å². The molecule has 4 amide bonds. The first-order valence-electron chi connectivity index (χ1n) is 13.6. The van der Waals surface area contributed by atoms with Crippen LogP contribution in [0.1, 0.15) is 38.2 Å². The van der Waals surface area contributed by atoms with Gasteiger partial charge in [0.05, 0.1) is 30.3 Å². The summed E-state index contributed by atoms with van der Waals surface area (Å²) in [7, 11) is 1.41. The molecule has 2 aromatic carbocycles. The lowest BCUT2D eigenvalue weighted by molar-refractivity contribution is -0.113. The summed E-state index contributed by atoms with van der Waals surface area (Å²) in [5.74, 6) is -4.59. The minimum atomic E-state index is -1.58. The van der Waals surface area contributed by atoms with Crippen molar-refractivity contribution in [3.05, 3.63) is 76.7 Å². The number of nitriles is 1. The number of hydrogen-bond acceptors (Lipinski definition) is 6. The van der Waals surface area contributed by atoms with Crippen LogP contribution in [-0.4, -0.2) is 62.1 Å². The Labute approximate surface area is 254 Å². The number of benzene rings is 2. The van der Waals surface area contributed by atoms with Gasteiger partial charge in [0, 0.05) is 49.6 Å². The topological polar surface area (TPSA) is 115 Å². The Hall–Kier alpha value is -4.08. The van der Waals surface area contributed by atoms with E-state index in [1.54, 1.807) is 4.90 Å². The van der Waals surface area contributed by atoms with Crippen molar-refractivity contribution in [1.29, 1.82) is 5.26 Å². The van der Waals surface area contributed by atoms with Gasteiger partial charge in [-0.05, 0) is 38.2 Å². The molecule has 0 saturated heterocycles. The van der Waals surface area contributed by atoms with Gasteiger partial charge in [0.15, 0.2) is 23.2 Å². The molecule has 13 heteroatoms. The van der Waals surface area contributed by atoms with Crippen molar-refractivity contribution in [3.8, 4) is 6.07 Å². The highest BCUT2D eigenvalue weighted by atomic mass is 35.5. The number of anilines is 1. The molecule has 2 aliphatic rings. The molecule has 0 radical (unpaired) electrons. The summed E-state index contributed by atoms with van der Waals surface area (Å²) in [5.41, 5.74) is 0.800. The van der Waals surface area contributed by atoms with Crippen molar-refractivity contribution >= 4 is 35.9 Å². The Morgan fingerprint density at radius 2 is 1.79 bits per heavy atom. The van der Waals surface area contributed by atoms with Crippen LogP contribution in [0.25, 0.3) is 0 Å². The molecule has 1 fully saturated rings. The second-order valence-corrected chi connectivity index (χ2v) is 10.4. The minimum absolute atomic E-state index is 0. The van der Waals surface area contributed by atoms with Gasteiger partial charge < -0.3 is 20.3 Å². The molecule has 0 bridgehead atoms. The van der Waals surface area contributed by atoms with Crippen molar-refractivity contribution < 1.29 is 32.3 Å². The van der Waals surface area contributed by atoms with Crippen LogP contribution in [0, 0.1) is 28.8 Å². The first kappa shape index (κ1) is 33.4. The summed E-state index contributed by atoms with van der Waals surface area (Å²) >= 11 is 0. The second kappa shape index (κ2) is 14.4. The van der Waals surface area contributed by atoms with Crippen LogP contribution in [0.15, 0.2) is 53.7 Å². The number of carbonyl (C=O) groups is 3. The molecule has 4 rings (SSSR count). The minimum Gasteiger partial charge on any atom is -0.378 e. The van der Waals surface area contributed by atoms with E-state index in [0.29, 0.717) is 25.7 Å². The van der Waals surface area contributed by atoms with Gasteiger partial charge in [-0.2, -0.15) is 5.26 Å². The molecule has 9 nitrogen and oxygen atoms in total. The number of urea groups is 2. The molecule has 1 saturated carbocycles. The van der Waals surface area contributed by atoms with Crippen molar-refractivity contribution in [2.24, 2.45) is 0 Å². The number of rotatable bonds is 9. The van der Waals surface area contributed by atoms with Crippen molar-refractivity contribution in [1.82, 2.24) is 15.5 Å². The Morgan fingerprint density at radius 3 is 2.35 bits per heavy atom. The maximum Gasteiger partial charge on any atom is 0.330 e. The zero-order valence-electron chi connectivity index (χ0n) is 23.8. The van der Waals surface area contributed by atoms with Gasteiger partial charge in [-0.3, -0.25) is 4.79 Å². The van der Waals surface area contributed by atoms with Crippen molar-refractivity contribution in [2.45, 2.75) is 44.1 Å². The first-order valence-corrected chi connectivity index (χ1v) is 13.6. The number of methoxy groups -OCH3 is 1. The van der Waals surface area contributed by atoms with E-state index in [2.05, 4.69) is 16.7 Å². The van der Waals surface area contributed by atoms with E-state index in [0.717, 1.165) is 22.6 Å². The number of halogens is 4. The van der Waals surface area contributed by atoms with Crippen LogP contribution in [0.2, 0.25) is 0 Å². The molecule has 0 spiro atoms. The zero-order chi connectivity index (χ0) is 30.4. The van der Waals surface area contributed by atoms with Crippen LogP contribution < -0.4 is 15.5 Å². The van der Waals surface area contributed by atoms with Crippen LogP contribution in [0.5, 0.6) is 0 Å². The fourth-order valence-corrected chi connectivity index (χ4v) is 5.59. The molecule has 0 unspecified atom stereocenters. The molecule has 2 aromatic rings. The highest BCUT2D eigenvalue weighted by molar-refractivity contribution is 6.02. The largest absolute Gasteiger partial charge is 0.378 e. The quantitative estimate of drug-likeness (QED) is 0.384. The summed E-state index contributed by atoms with van der Waals surface area (Å²) in [4.78, 5) is 40.1. The highest BCUT2D eigenvalue weighted by Crippen LogP contribution is 2.41. The molecule has 1 aliphatic carbocycles. The van der Waals surface area contributed by atoms with E-state index < -0.39 is 34.9 Å². The average Bonchev–Trinajstić information content (AvgIpc) is 2.98. The van der Waals surface area contributed by atoms with Crippen molar-refractivity contribution in [3.63, 3.8) is 0 Å². The zero-order valence-corrected chi connectivity index (χ0v) is 24.6. The van der Waals surface area contributed by atoms with Crippen LogP contribution in [-0.2, 0) is 14.9 Å². The maximum absolute atomic E-state index is 14.2. The number of ether oxygens (including phenoxy) is 1. The lowest BCUT2D eigenvalue weighted by Gasteiger charge is -2.41. The van der Waals surface area contributed by atoms with Gasteiger partial charge in [-0.25, -0.2) is 27.7 Å². The second-order valence-electron chi connectivity index (χ2n) is 10.4. The Morgan fingerprint density at radius 1 is 1.16 bits per heavy atom. The van der Waals surface area contributed by atoms with Gasteiger partial charge in [0.1, 0.15) is 0 Å². The fourth-order valence-electron chi connectivity index (χ4n) is 5.59. The smallest absolute Gasteiger partial charge is 0.330 e. The summed E-state index contributed by atoms with van der Waals surface area (Å²) in [6, 6.07) is 11.9. The molecule has 1 heterocycles. The fraction of sp³-hybridized carbons (Fsp3) is 0.400. The Kier molecular flexibility index (Phi) is 11.2. The molecule has 43 heavy (non-hydrogen) atoms. The van der Waals surface area contributed by atoms with Gasteiger partial charge in [0.25, 0.3) is 0 Å². The monoisotopic (exact) mass is 619 g/mol. The molecular formula is C30H33ClF3N5O4. The number of nitrogens with one attached hydrogen (secondary N) is 2. The van der Waals surface area contributed by atoms with Gasteiger partial charge in [-0.1, -0.05) is 30.3 Å². The number of Topliss-reactive ketones (excluding diaryl/α,β-unsaturated/α-hetero) is 1. The standard InChI is InChI=1S/C30H32F3N5O4.ClH/c1-19(39)23-16-38(29(41)36-26(23)17-42-2)28(40)35-12-13-37(22-14-24(31)27(33)25(32)15-22)21-8-10-30(18-34,11-9-21)20-6-4-3-5-7-20;/h3-7,14-15,21H,8-13,16-17H2,1-2H3,(H,35,40)(H,36,41);1H. The van der Waals surface area contributed by atoms with E-state index in [4.69, 9.17) is 4.74 Å². The third-order valence-electron chi connectivity index (χ3n) is 7.86. The molecule has 2 N–H and O–H groups in total. The number of nitrogens with zero attached hydrogens (tertiary/aromatic N) is 3. The van der Waals surface area contributed by atoms with E-state index in [-0.39, 0.29) is 67.4 Å². The predicted molar refractivity (Wildman–Crippen MR) is 155 cm³/mol. The van der Waals surface area contributed by atoms with Gasteiger partial charge in [0.2, 0.25) is 0 Å². The number of imide groups is 1. The maximum atomic E-state index is 14.2. The Bertz CT molecular complexity index is 1400. The SMILES string of the molecule is COCC1=C(C(C)=O)CN(C(=O)NCCN(c2cc(F)c(F)c(F)c2)C2CCC(C#N)(c3ccccc3)CC2)C(=O)N1.Cl. The van der Waals surface area contributed by atoms with Gasteiger partial charge >= 0.3 is 12.1 Å². The lowest BCUT2D eigenvalue weighted by atomic mass is 9.69. The summed E-state index contributed by atoms with van der Waals surface area (Å²) in [6.07, 6.45) is 1.98. The summed E-state index contributed by atoms with van der Waals surface area (Å²) < 4.78 is 47.3. The third-order valence-corrected chi connectivity index (χ3v) is 7.86. The summed E-state index contributed by atoms with van der Waals surface area (Å²) in [6.45, 7) is 1.11. The molecule has 0 aromatic heterocycles. The molecular weight excluding hydrogens is 587 g/mol. The van der Waals surface area contributed by atoms with E-state index >= 15 is 0 Å². The van der Waals surface area contributed by atoms with Crippen LogP contribution >= 0.6 is 12.4 Å². The van der Waals surface area contributed by atoms with E-state index in [1.807, 2.05) is 30.3 Å². The number of amides is 4. The molecule has 1 aliphatic heterocycles. The highest BCUT2D eigenvalue weighted by Gasteiger charge is 2.39. The van der Waals surface area contributed by atoms with Crippen LogP contribution in [0.3, 0.4) is 0 Å². The number of hydrogen-bond donors (Lipinski definition) is 2. The van der Waals surface area contributed by atoms with Crippen LogP contribution in [0.4, 0.5) is 28.4 Å². The number of ketones is 1.